The average molecular weight is 467 g/mol. The zero-order valence-electron chi connectivity index (χ0n) is 17.5. The van der Waals surface area contributed by atoms with Crippen molar-refractivity contribution in [1.82, 2.24) is 30.7 Å². The predicted octanol–water partition coefficient (Wildman–Crippen LogP) is 3.11. The summed E-state index contributed by atoms with van der Waals surface area (Å²) in [4.78, 5) is 12.9. The van der Waals surface area contributed by atoms with Crippen LogP contribution in [0.5, 0.6) is 5.75 Å². The molecule has 0 atom stereocenters. The molecular weight excluding hydrogens is 448 g/mol. The van der Waals surface area contributed by atoms with Crippen LogP contribution in [0.3, 0.4) is 0 Å². The summed E-state index contributed by atoms with van der Waals surface area (Å²) in [6.07, 6.45) is 2.32. The van der Waals surface area contributed by atoms with Gasteiger partial charge in [0.05, 0.1) is 12.8 Å². The van der Waals surface area contributed by atoms with E-state index in [1.807, 2.05) is 13.0 Å². The third-order valence-electron chi connectivity index (χ3n) is 4.46. The Morgan fingerprint density at radius 1 is 1.24 bits per heavy atom. The molecular formula is C21H19ClN8O3. The largest absolute Gasteiger partial charge is 0.494 e. The molecule has 0 radical (unpaired) electrons. The Kier molecular flexibility index (Phi) is 6.60. The van der Waals surface area contributed by atoms with Gasteiger partial charge in [0, 0.05) is 16.1 Å². The van der Waals surface area contributed by atoms with Crippen molar-refractivity contribution in [2.45, 2.75) is 13.3 Å². The number of hydrazone groups is 1. The van der Waals surface area contributed by atoms with Gasteiger partial charge < -0.3 is 10.5 Å². The van der Waals surface area contributed by atoms with Gasteiger partial charge >= 0.3 is 0 Å². The van der Waals surface area contributed by atoms with Crippen LogP contribution in [-0.2, 0) is 0 Å². The van der Waals surface area contributed by atoms with E-state index in [1.54, 1.807) is 42.5 Å². The summed E-state index contributed by atoms with van der Waals surface area (Å²) in [5.41, 5.74) is 9.85. The second kappa shape index (κ2) is 9.92. The Labute approximate surface area is 193 Å². The summed E-state index contributed by atoms with van der Waals surface area (Å²) in [6.45, 7) is 2.62. The number of hydrogen-bond donors (Lipinski definition) is 2. The monoisotopic (exact) mass is 466 g/mol. The van der Waals surface area contributed by atoms with E-state index in [1.165, 1.54) is 10.9 Å². The number of benzene rings is 2. The van der Waals surface area contributed by atoms with Crippen molar-refractivity contribution >= 4 is 29.5 Å². The molecule has 12 heteroatoms. The molecule has 1 amide bonds. The van der Waals surface area contributed by atoms with Crippen LogP contribution in [0.2, 0.25) is 5.02 Å². The lowest BCUT2D eigenvalue weighted by molar-refractivity contribution is 0.0950. The molecule has 0 unspecified atom stereocenters. The highest BCUT2D eigenvalue weighted by atomic mass is 35.5. The molecule has 0 fully saturated rings. The number of nitrogens with zero attached hydrogens (tertiary/aromatic N) is 6. The van der Waals surface area contributed by atoms with E-state index in [0.717, 1.165) is 6.42 Å². The smallest absolute Gasteiger partial charge is 0.294 e. The number of anilines is 1. The molecule has 4 aromatic rings. The first-order valence-electron chi connectivity index (χ1n) is 9.93. The van der Waals surface area contributed by atoms with Gasteiger partial charge in [-0.15, -0.1) is 5.10 Å². The van der Waals surface area contributed by atoms with Gasteiger partial charge in [-0.25, -0.2) is 10.1 Å². The maximum Gasteiger partial charge on any atom is 0.294 e. The van der Waals surface area contributed by atoms with Crippen LogP contribution in [-0.4, -0.2) is 44.0 Å². The Hall–Kier alpha value is -4.25. The van der Waals surface area contributed by atoms with Crippen molar-refractivity contribution in [3.8, 4) is 22.8 Å². The minimum Gasteiger partial charge on any atom is -0.494 e. The van der Waals surface area contributed by atoms with E-state index in [0.29, 0.717) is 34.2 Å². The Morgan fingerprint density at radius 3 is 2.73 bits per heavy atom. The molecule has 0 saturated heterocycles. The zero-order chi connectivity index (χ0) is 23.2. The van der Waals surface area contributed by atoms with Crippen LogP contribution in [0.15, 0.2) is 58.3 Å². The third-order valence-corrected chi connectivity index (χ3v) is 4.80. The fraction of sp³-hybridized carbons (Fsp3) is 0.143. The number of nitrogens with one attached hydrogen (secondary N) is 1. The number of hydrogen-bond acceptors (Lipinski definition) is 9. The second-order valence-electron chi connectivity index (χ2n) is 6.77. The number of amides is 1. The standard InChI is InChI=1S/C21H19ClN8O3/c1-2-11-32-15-9-7-13(8-10-15)18-17(25-29-30(18)20-19(23)27-33-28-20)21(31)26-24-12-14-5-3-4-6-16(14)22/h3-10,12H,2,11H2,1H3,(H2,23,27)(H,26,31)/b24-12-. The van der Waals surface area contributed by atoms with Crippen LogP contribution >= 0.6 is 11.6 Å². The maximum absolute atomic E-state index is 12.9. The molecule has 0 aliphatic rings. The number of carbonyl (C=O) groups excluding carboxylic acids is 1. The quantitative estimate of drug-likeness (QED) is 0.297. The highest BCUT2D eigenvalue weighted by Crippen LogP contribution is 2.28. The van der Waals surface area contributed by atoms with E-state index >= 15 is 0 Å². The summed E-state index contributed by atoms with van der Waals surface area (Å²) < 4.78 is 11.6. The molecule has 33 heavy (non-hydrogen) atoms. The number of carbonyl (C=O) groups is 1. The van der Waals surface area contributed by atoms with Gasteiger partial charge in [0.25, 0.3) is 5.91 Å². The van der Waals surface area contributed by atoms with E-state index < -0.39 is 5.91 Å². The van der Waals surface area contributed by atoms with Gasteiger partial charge in [0.15, 0.2) is 5.69 Å². The first-order chi connectivity index (χ1) is 16.1. The van der Waals surface area contributed by atoms with Crippen molar-refractivity contribution in [2.24, 2.45) is 5.10 Å². The van der Waals surface area contributed by atoms with Crippen molar-refractivity contribution < 1.29 is 14.2 Å². The zero-order valence-corrected chi connectivity index (χ0v) is 18.2. The molecule has 2 heterocycles. The predicted molar refractivity (Wildman–Crippen MR) is 121 cm³/mol. The summed E-state index contributed by atoms with van der Waals surface area (Å²) in [5.74, 6) is 0.189. The second-order valence-corrected chi connectivity index (χ2v) is 7.17. The van der Waals surface area contributed by atoms with Crippen molar-refractivity contribution in [3.05, 3.63) is 64.8 Å². The Balaban J connectivity index is 1.67. The normalized spacial score (nSPS) is 11.1. The summed E-state index contributed by atoms with van der Waals surface area (Å²) in [6, 6.07) is 14.2. The highest BCUT2D eigenvalue weighted by Gasteiger charge is 2.25. The van der Waals surface area contributed by atoms with Gasteiger partial charge in [-0.05, 0) is 47.1 Å². The van der Waals surface area contributed by atoms with Gasteiger partial charge in [0.2, 0.25) is 11.6 Å². The molecule has 0 bridgehead atoms. The molecule has 4 rings (SSSR count). The van der Waals surface area contributed by atoms with Crippen molar-refractivity contribution in [3.63, 3.8) is 0 Å². The number of rotatable bonds is 8. The average Bonchev–Trinajstić information content (AvgIpc) is 3.45. The Bertz CT molecular complexity index is 1280. The van der Waals surface area contributed by atoms with E-state index in [2.05, 4.69) is 35.8 Å². The molecule has 168 valence electrons. The first-order valence-corrected chi connectivity index (χ1v) is 10.3. The van der Waals surface area contributed by atoms with Gasteiger partial charge in [-0.3, -0.25) is 4.79 Å². The number of aromatic nitrogens is 5. The van der Waals surface area contributed by atoms with Crippen molar-refractivity contribution in [2.75, 3.05) is 12.3 Å². The summed E-state index contributed by atoms with van der Waals surface area (Å²) in [5, 5.41) is 19.8. The lowest BCUT2D eigenvalue weighted by Crippen LogP contribution is -2.19. The summed E-state index contributed by atoms with van der Waals surface area (Å²) in [7, 11) is 0. The maximum atomic E-state index is 12.9. The van der Waals surface area contributed by atoms with Crippen LogP contribution in [0.1, 0.15) is 29.4 Å². The minimum atomic E-state index is -0.596. The van der Waals surface area contributed by atoms with Crippen LogP contribution < -0.4 is 15.9 Å². The third kappa shape index (κ3) is 4.83. The lowest BCUT2D eigenvalue weighted by atomic mass is 10.1. The van der Waals surface area contributed by atoms with E-state index in [9.17, 15) is 4.79 Å². The molecule has 11 nitrogen and oxygen atoms in total. The lowest BCUT2D eigenvalue weighted by Gasteiger charge is -2.08. The van der Waals surface area contributed by atoms with Crippen LogP contribution in [0.25, 0.3) is 17.1 Å². The fourth-order valence-electron chi connectivity index (χ4n) is 2.90. The highest BCUT2D eigenvalue weighted by molar-refractivity contribution is 6.33. The number of nitrogen functional groups attached to an aromatic ring is 1. The van der Waals surface area contributed by atoms with Crippen molar-refractivity contribution in [1.29, 1.82) is 0 Å². The van der Waals surface area contributed by atoms with E-state index in [4.69, 9.17) is 22.1 Å². The molecule has 0 spiro atoms. The molecule has 2 aromatic carbocycles. The van der Waals surface area contributed by atoms with E-state index in [-0.39, 0.29) is 17.3 Å². The van der Waals surface area contributed by atoms with Gasteiger partial charge in [0.1, 0.15) is 11.4 Å². The number of ether oxygens (including phenoxy) is 1. The van der Waals surface area contributed by atoms with Crippen LogP contribution in [0, 0.1) is 0 Å². The molecule has 2 aromatic heterocycles. The molecule has 3 N–H and O–H groups in total. The van der Waals surface area contributed by atoms with Crippen LogP contribution in [0.4, 0.5) is 5.82 Å². The molecule has 0 aliphatic carbocycles. The minimum absolute atomic E-state index is 0.00376. The first kappa shape index (κ1) is 22.0. The van der Waals surface area contributed by atoms with Gasteiger partial charge in [-0.1, -0.05) is 41.9 Å². The molecule has 0 aliphatic heterocycles. The Morgan fingerprint density at radius 2 is 2.03 bits per heavy atom. The topological polar surface area (TPSA) is 146 Å². The number of nitrogens with two attached hydrogens (primary N) is 1. The molecule has 0 saturated carbocycles. The SMILES string of the molecule is CCCOc1ccc(-c2c(C(=O)N/N=C\c3ccccc3Cl)nnn2-c2nonc2N)cc1. The summed E-state index contributed by atoms with van der Waals surface area (Å²) >= 11 is 6.11. The van der Waals surface area contributed by atoms with Gasteiger partial charge in [-0.2, -0.15) is 9.78 Å². The fourth-order valence-corrected chi connectivity index (χ4v) is 3.09. The number of halogens is 1.